The maximum atomic E-state index is 12.4. The summed E-state index contributed by atoms with van der Waals surface area (Å²) in [4.78, 5) is 0. The molecule has 0 saturated carbocycles. The second-order valence-electron chi connectivity index (χ2n) is 1.91. The second kappa shape index (κ2) is 3.90. The normalized spacial score (nSPS) is 17.9. The lowest BCUT2D eigenvalue weighted by Gasteiger charge is -2.22. The summed E-state index contributed by atoms with van der Waals surface area (Å²) in [6.45, 7) is -2.86. The molecule has 0 saturated heterocycles. The zero-order chi connectivity index (χ0) is 11.6. The van der Waals surface area contributed by atoms with Crippen LogP contribution < -0.4 is 0 Å². The molecule has 0 aliphatic rings. The van der Waals surface area contributed by atoms with Gasteiger partial charge < -0.3 is 0 Å². The van der Waals surface area contributed by atoms with Gasteiger partial charge in [-0.25, -0.2) is 4.39 Å². The first kappa shape index (κ1) is 13.4. The Morgan fingerprint density at radius 2 is 1.57 bits per heavy atom. The maximum absolute atomic E-state index is 12.4. The molecule has 0 aromatic rings. The van der Waals surface area contributed by atoms with Crippen LogP contribution >= 0.6 is 0 Å². The second-order valence-corrected chi connectivity index (χ2v) is 3.02. The van der Waals surface area contributed by atoms with Crippen LogP contribution in [0.2, 0.25) is 0 Å². The van der Waals surface area contributed by atoms with Gasteiger partial charge in [-0.2, -0.15) is 30.2 Å². The Morgan fingerprint density at radius 3 is 1.79 bits per heavy atom. The molecule has 4 nitrogen and oxygen atoms in total. The van der Waals surface area contributed by atoms with E-state index in [1.54, 1.807) is 0 Å². The summed E-state index contributed by atoms with van der Waals surface area (Å²) >= 11 is 0. The molecular weight excluding hydrogens is 246 g/mol. The first-order chi connectivity index (χ1) is 6.08. The Labute approximate surface area is 73.6 Å². The van der Waals surface area contributed by atoms with Crippen molar-refractivity contribution in [1.29, 1.82) is 0 Å². The van der Waals surface area contributed by atoms with Crippen LogP contribution in [0.3, 0.4) is 0 Å². The monoisotopic (exact) mass is 248 g/mol. The zero-order valence-electron chi connectivity index (χ0n) is 6.02. The van der Waals surface area contributed by atoms with Gasteiger partial charge in [-0.05, 0) is 8.91 Å². The minimum Gasteiger partial charge on any atom is -0.244 e. The Kier molecular flexibility index (Phi) is 3.75. The molecule has 11 heteroatoms. The quantitative estimate of drug-likeness (QED) is 0.704. The largest absolute Gasteiger partial charge is 0.452 e. The van der Waals surface area contributed by atoms with Gasteiger partial charge in [-0.1, -0.05) is 0 Å². The predicted octanol–water partition coefficient (Wildman–Crippen LogP) is 1.35. The third kappa shape index (κ3) is 2.99. The van der Waals surface area contributed by atoms with E-state index in [2.05, 4.69) is 4.18 Å². The SMILES string of the molecule is O=S(=O)(OF)OC(F)(CF)C(F)(F)F. The molecule has 0 heterocycles. The zero-order valence-corrected chi connectivity index (χ0v) is 6.83. The fourth-order valence-electron chi connectivity index (χ4n) is 0.320. The standard InChI is InChI=1S/C3H2F6O4S/c4-1-2(5,3(6,7)8)12-14(10,11)13-9/h1H2. The lowest BCUT2D eigenvalue weighted by molar-refractivity contribution is -0.308. The van der Waals surface area contributed by atoms with E-state index in [0.717, 1.165) is 0 Å². The number of alkyl halides is 5. The summed E-state index contributed by atoms with van der Waals surface area (Å²) in [5, 5.41) is 0. The van der Waals surface area contributed by atoms with Crippen LogP contribution in [-0.4, -0.2) is 27.1 Å². The highest BCUT2D eigenvalue weighted by Crippen LogP contribution is 2.36. The molecule has 0 bridgehead atoms. The fourth-order valence-corrected chi connectivity index (χ4v) is 0.808. The lowest BCUT2D eigenvalue weighted by atomic mass is 10.3. The van der Waals surface area contributed by atoms with Gasteiger partial charge in [0.15, 0.2) is 6.67 Å². The topological polar surface area (TPSA) is 52.6 Å². The van der Waals surface area contributed by atoms with E-state index in [4.69, 9.17) is 0 Å². The Hall–Kier alpha value is -0.550. The van der Waals surface area contributed by atoms with Crippen molar-refractivity contribution < 1.29 is 43.5 Å². The summed E-state index contributed by atoms with van der Waals surface area (Å²) in [5.74, 6) is -5.15. The van der Waals surface area contributed by atoms with Crippen LogP contribution in [0.4, 0.5) is 26.5 Å². The van der Waals surface area contributed by atoms with Crippen molar-refractivity contribution in [2.45, 2.75) is 12.0 Å². The molecule has 0 aromatic carbocycles. The van der Waals surface area contributed by atoms with Crippen LogP contribution in [-0.2, 0) is 19.0 Å². The molecule has 0 N–H and O–H groups in total. The van der Waals surface area contributed by atoms with Crippen molar-refractivity contribution in [3.8, 4) is 0 Å². The number of hydrogen-bond acceptors (Lipinski definition) is 4. The van der Waals surface area contributed by atoms with Crippen LogP contribution in [0.5, 0.6) is 0 Å². The van der Waals surface area contributed by atoms with Gasteiger partial charge in [0.1, 0.15) is 0 Å². The first-order valence-electron chi connectivity index (χ1n) is 2.65. The van der Waals surface area contributed by atoms with Crippen molar-refractivity contribution in [2.75, 3.05) is 6.67 Å². The van der Waals surface area contributed by atoms with Gasteiger partial charge in [0.25, 0.3) is 0 Å². The van der Waals surface area contributed by atoms with Crippen molar-refractivity contribution in [3.63, 3.8) is 0 Å². The van der Waals surface area contributed by atoms with E-state index in [-0.39, 0.29) is 0 Å². The van der Waals surface area contributed by atoms with Gasteiger partial charge in [0, 0.05) is 0 Å². The van der Waals surface area contributed by atoms with Crippen molar-refractivity contribution in [3.05, 3.63) is 0 Å². The molecule has 0 radical (unpaired) electrons. The van der Waals surface area contributed by atoms with Crippen LogP contribution in [0.25, 0.3) is 0 Å². The van der Waals surface area contributed by atoms with Crippen LogP contribution in [0.1, 0.15) is 0 Å². The molecule has 0 amide bonds. The third-order valence-corrected chi connectivity index (χ3v) is 1.53. The Bertz CT molecular complexity index is 284. The Balaban J connectivity index is 4.93. The van der Waals surface area contributed by atoms with Gasteiger partial charge in [-0.3, -0.25) is 0 Å². The van der Waals surface area contributed by atoms with Crippen molar-refractivity contribution in [1.82, 2.24) is 0 Å². The summed E-state index contributed by atoms with van der Waals surface area (Å²) < 4.78 is 93.8. The molecule has 0 spiro atoms. The number of hydrogen-bond donors (Lipinski definition) is 0. The molecule has 0 rings (SSSR count). The molecule has 86 valence electrons. The molecule has 1 atom stereocenters. The lowest BCUT2D eigenvalue weighted by Crippen LogP contribution is -2.47. The molecular formula is C3H2F6O4S. The molecule has 1 unspecified atom stereocenters. The number of rotatable bonds is 4. The molecule has 0 aliphatic carbocycles. The molecule has 0 aliphatic heterocycles. The maximum Gasteiger partial charge on any atom is 0.452 e. The molecule has 0 fully saturated rings. The van der Waals surface area contributed by atoms with Gasteiger partial charge >= 0.3 is 22.4 Å². The van der Waals surface area contributed by atoms with Gasteiger partial charge in [-0.15, -0.1) is 0 Å². The molecule has 14 heavy (non-hydrogen) atoms. The number of halogens is 6. The van der Waals surface area contributed by atoms with E-state index >= 15 is 0 Å². The highest BCUT2D eigenvalue weighted by molar-refractivity contribution is 7.81. The van der Waals surface area contributed by atoms with Gasteiger partial charge in [0.2, 0.25) is 0 Å². The molecule has 0 aromatic heterocycles. The summed E-state index contributed by atoms with van der Waals surface area (Å²) in [5.41, 5.74) is 0. The van der Waals surface area contributed by atoms with Gasteiger partial charge in [0.05, 0.1) is 0 Å². The van der Waals surface area contributed by atoms with Crippen molar-refractivity contribution in [2.24, 2.45) is 0 Å². The predicted molar refractivity (Wildman–Crippen MR) is 28.1 cm³/mol. The summed E-state index contributed by atoms with van der Waals surface area (Å²) in [6, 6.07) is 0. The van der Waals surface area contributed by atoms with E-state index in [1.165, 1.54) is 0 Å². The fraction of sp³-hybridized carbons (Fsp3) is 1.00. The van der Waals surface area contributed by atoms with Crippen molar-refractivity contribution >= 4 is 10.4 Å². The third-order valence-electron chi connectivity index (χ3n) is 0.906. The Morgan fingerprint density at radius 1 is 1.14 bits per heavy atom. The highest BCUT2D eigenvalue weighted by atomic mass is 32.3. The highest BCUT2D eigenvalue weighted by Gasteiger charge is 2.61. The first-order valence-corrected chi connectivity index (χ1v) is 3.99. The smallest absolute Gasteiger partial charge is 0.244 e. The average Bonchev–Trinajstić information content (AvgIpc) is 2.01. The van der Waals surface area contributed by atoms with Crippen LogP contribution in [0.15, 0.2) is 0 Å². The summed E-state index contributed by atoms with van der Waals surface area (Å²) in [6.07, 6.45) is -5.98. The average molecular weight is 248 g/mol. The summed E-state index contributed by atoms with van der Waals surface area (Å²) in [7, 11) is -5.87. The van der Waals surface area contributed by atoms with E-state index in [9.17, 15) is 34.9 Å². The van der Waals surface area contributed by atoms with E-state index in [0.29, 0.717) is 0 Å². The van der Waals surface area contributed by atoms with E-state index in [1.807, 2.05) is 4.39 Å². The minimum absolute atomic E-state index is 1.87. The minimum atomic E-state index is -5.98. The van der Waals surface area contributed by atoms with Crippen LogP contribution in [0, 0.1) is 0 Å². The van der Waals surface area contributed by atoms with E-state index < -0.39 is 29.1 Å².